The molecule has 0 amide bonds. The lowest BCUT2D eigenvalue weighted by molar-refractivity contribution is 0.466. The highest BCUT2D eigenvalue weighted by Gasteiger charge is 2.06. The minimum absolute atomic E-state index is 0.0492. The molecule has 0 heterocycles. The Labute approximate surface area is 120 Å². The molecular weight excluding hydrogens is 309 g/mol. The normalized spacial score (nSPS) is 12.4. The van der Waals surface area contributed by atoms with Crippen molar-refractivity contribution in [3.63, 3.8) is 0 Å². The fourth-order valence-corrected chi connectivity index (χ4v) is 2.32. The fraction of sp³-hybridized carbons (Fsp3) is 0.200. The van der Waals surface area contributed by atoms with Crippen molar-refractivity contribution in [1.29, 1.82) is 0 Å². The largest absolute Gasteiger partial charge is 0.508 e. The molecule has 0 fully saturated rings. The Kier molecular flexibility index (Phi) is 4.56. The number of aromatic hydroxyl groups is 1. The Hall–Kier alpha value is -1.39. The van der Waals surface area contributed by atoms with Gasteiger partial charge in [0, 0.05) is 23.1 Å². The predicted octanol–water partition coefficient (Wildman–Crippen LogP) is 4.14. The van der Waals surface area contributed by atoms with E-state index < -0.39 is 5.82 Å². The van der Waals surface area contributed by atoms with Crippen LogP contribution < -0.4 is 5.32 Å². The molecule has 19 heavy (non-hydrogen) atoms. The van der Waals surface area contributed by atoms with E-state index in [-0.39, 0.29) is 11.8 Å². The number of hydrogen-bond acceptors (Lipinski definition) is 2. The average molecular weight is 324 g/mol. The van der Waals surface area contributed by atoms with E-state index in [2.05, 4.69) is 21.2 Å². The van der Waals surface area contributed by atoms with Gasteiger partial charge in [-0.25, -0.2) is 4.39 Å². The second kappa shape index (κ2) is 6.17. The number of halogens is 2. The predicted molar refractivity (Wildman–Crippen MR) is 77.5 cm³/mol. The standard InChI is InChI=1S/C15H15BrFNO/c1-10(12-3-2-4-13(16)7-12)18-9-11-5-14(17)8-15(19)6-11/h2-8,10,18-19H,9H2,1H3/t10-/m0/s1. The van der Waals surface area contributed by atoms with Gasteiger partial charge in [-0.1, -0.05) is 28.1 Å². The van der Waals surface area contributed by atoms with Crippen LogP contribution in [0.25, 0.3) is 0 Å². The van der Waals surface area contributed by atoms with E-state index in [9.17, 15) is 9.50 Å². The lowest BCUT2D eigenvalue weighted by atomic mass is 10.1. The fourth-order valence-electron chi connectivity index (χ4n) is 1.90. The van der Waals surface area contributed by atoms with Crippen LogP contribution in [0.5, 0.6) is 5.75 Å². The number of benzene rings is 2. The molecule has 1 atom stereocenters. The number of rotatable bonds is 4. The van der Waals surface area contributed by atoms with Crippen LogP contribution in [0.15, 0.2) is 46.9 Å². The third-order valence-electron chi connectivity index (χ3n) is 2.90. The molecule has 100 valence electrons. The summed E-state index contributed by atoms with van der Waals surface area (Å²) in [6.07, 6.45) is 0. The molecule has 2 nitrogen and oxygen atoms in total. The molecule has 0 unspecified atom stereocenters. The molecule has 4 heteroatoms. The summed E-state index contributed by atoms with van der Waals surface area (Å²) in [6.45, 7) is 2.54. The maximum absolute atomic E-state index is 13.1. The van der Waals surface area contributed by atoms with Gasteiger partial charge >= 0.3 is 0 Å². The van der Waals surface area contributed by atoms with Gasteiger partial charge in [0.05, 0.1) is 0 Å². The number of nitrogens with one attached hydrogen (secondary N) is 1. The second-order valence-electron chi connectivity index (χ2n) is 4.48. The van der Waals surface area contributed by atoms with Crippen LogP contribution in [0.3, 0.4) is 0 Å². The van der Waals surface area contributed by atoms with E-state index in [0.717, 1.165) is 21.7 Å². The van der Waals surface area contributed by atoms with Gasteiger partial charge in [-0.2, -0.15) is 0 Å². The zero-order valence-electron chi connectivity index (χ0n) is 10.5. The Morgan fingerprint density at radius 1 is 1.26 bits per heavy atom. The molecule has 0 radical (unpaired) electrons. The maximum atomic E-state index is 13.1. The van der Waals surface area contributed by atoms with Gasteiger partial charge < -0.3 is 10.4 Å². The third kappa shape index (κ3) is 4.04. The summed E-state index contributed by atoms with van der Waals surface area (Å²) >= 11 is 3.44. The highest BCUT2D eigenvalue weighted by Crippen LogP contribution is 2.19. The van der Waals surface area contributed by atoms with E-state index in [1.54, 1.807) is 6.07 Å². The van der Waals surface area contributed by atoms with Gasteiger partial charge in [-0.3, -0.25) is 0 Å². The molecule has 0 bridgehead atoms. The summed E-state index contributed by atoms with van der Waals surface area (Å²) in [6, 6.07) is 12.2. The monoisotopic (exact) mass is 323 g/mol. The molecule has 0 spiro atoms. The van der Waals surface area contributed by atoms with E-state index in [0.29, 0.717) is 6.54 Å². The molecular formula is C15H15BrFNO. The highest BCUT2D eigenvalue weighted by molar-refractivity contribution is 9.10. The van der Waals surface area contributed by atoms with Crippen molar-refractivity contribution in [3.8, 4) is 5.75 Å². The first-order chi connectivity index (χ1) is 9.04. The highest BCUT2D eigenvalue weighted by atomic mass is 79.9. The molecule has 0 aliphatic rings. The van der Waals surface area contributed by atoms with Gasteiger partial charge in [0.25, 0.3) is 0 Å². The van der Waals surface area contributed by atoms with Crippen LogP contribution in [0.1, 0.15) is 24.1 Å². The van der Waals surface area contributed by atoms with Crippen molar-refractivity contribution in [2.45, 2.75) is 19.5 Å². The summed E-state index contributed by atoms with van der Waals surface area (Å²) in [5.74, 6) is -0.473. The van der Waals surface area contributed by atoms with Crippen molar-refractivity contribution < 1.29 is 9.50 Å². The summed E-state index contributed by atoms with van der Waals surface area (Å²) in [7, 11) is 0. The van der Waals surface area contributed by atoms with Crippen LogP contribution in [0, 0.1) is 5.82 Å². The zero-order valence-corrected chi connectivity index (χ0v) is 12.1. The zero-order chi connectivity index (χ0) is 13.8. The first kappa shape index (κ1) is 14.0. The second-order valence-corrected chi connectivity index (χ2v) is 5.39. The van der Waals surface area contributed by atoms with Crippen LogP contribution in [-0.4, -0.2) is 5.11 Å². The third-order valence-corrected chi connectivity index (χ3v) is 3.40. The summed E-state index contributed by atoms with van der Waals surface area (Å²) in [4.78, 5) is 0. The van der Waals surface area contributed by atoms with E-state index in [4.69, 9.17) is 0 Å². The first-order valence-electron chi connectivity index (χ1n) is 6.02. The van der Waals surface area contributed by atoms with E-state index >= 15 is 0 Å². The molecule has 2 N–H and O–H groups in total. The van der Waals surface area contributed by atoms with Crippen molar-refractivity contribution >= 4 is 15.9 Å². The van der Waals surface area contributed by atoms with Gasteiger partial charge in [0.15, 0.2) is 0 Å². The quantitative estimate of drug-likeness (QED) is 0.886. The van der Waals surface area contributed by atoms with Crippen LogP contribution >= 0.6 is 15.9 Å². The molecule has 0 aliphatic carbocycles. The molecule has 0 saturated carbocycles. The molecule has 0 saturated heterocycles. The minimum Gasteiger partial charge on any atom is -0.508 e. The van der Waals surface area contributed by atoms with Crippen molar-refractivity contribution in [2.24, 2.45) is 0 Å². The molecule has 0 aromatic heterocycles. The summed E-state index contributed by atoms with van der Waals surface area (Å²) in [5.41, 5.74) is 1.87. The van der Waals surface area contributed by atoms with Gasteiger partial charge in [0.1, 0.15) is 11.6 Å². The average Bonchev–Trinajstić information content (AvgIpc) is 2.35. The van der Waals surface area contributed by atoms with E-state index in [1.807, 2.05) is 31.2 Å². The van der Waals surface area contributed by atoms with Crippen molar-refractivity contribution in [1.82, 2.24) is 5.32 Å². The van der Waals surface area contributed by atoms with Crippen molar-refractivity contribution in [2.75, 3.05) is 0 Å². The smallest absolute Gasteiger partial charge is 0.127 e. The Balaban J connectivity index is 2.02. The molecule has 2 rings (SSSR count). The van der Waals surface area contributed by atoms with Crippen LogP contribution in [0.2, 0.25) is 0 Å². The summed E-state index contributed by atoms with van der Waals surface area (Å²) < 4.78 is 14.2. The lowest BCUT2D eigenvalue weighted by Gasteiger charge is -2.15. The first-order valence-corrected chi connectivity index (χ1v) is 6.81. The minimum atomic E-state index is -0.424. The molecule has 2 aromatic carbocycles. The number of phenols is 1. The van der Waals surface area contributed by atoms with Gasteiger partial charge in [-0.05, 0) is 42.3 Å². The van der Waals surface area contributed by atoms with Crippen LogP contribution in [-0.2, 0) is 6.54 Å². The van der Waals surface area contributed by atoms with Crippen molar-refractivity contribution in [3.05, 3.63) is 63.9 Å². The molecule has 0 aliphatic heterocycles. The lowest BCUT2D eigenvalue weighted by Crippen LogP contribution is -2.18. The van der Waals surface area contributed by atoms with Gasteiger partial charge in [-0.15, -0.1) is 0 Å². The Bertz CT molecular complexity index is 554. The SMILES string of the molecule is C[C@H](NCc1cc(O)cc(F)c1)c1cccc(Br)c1. The molecule has 2 aromatic rings. The van der Waals surface area contributed by atoms with Gasteiger partial charge in [0.2, 0.25) is 0 Å². The van der Waals surface area contributed by atoms with E-state index in [1.165, 1.54) is 6.07 Å². The summed E-state index contributed by atoms with van der Waals surface area (Å²) in [5, 5.41) is 12.6. The Morgan fingerprint density at radius 3 is 2.74 bits per heavy atom. The Morgan fingerprint density at radius 2 is 2.05 bits per heavy atom. The van der Waals surface area contributed by atoms with Crippen LogP contribution in [0.4, 0.5) is 4.39 Å². The maximum Gasteiger partial charge on any atom is 0.127 e. The number of phenolic OH excluding ortho intramolecular Hbond substituents is 1. The topological polar surface area (TPSA) is 32.3 Å². The number of hydrogen-bond donors (Lipinski definition) is 2.